The molecular formula is C15H13N3O. The van der Waals surface area contributed by atoms with Crippen molar-refractivity contribution in [3.05, 3.63) is 52.8 Å². The summed E-state index contributed by atoms with van der Waals surface area (Å²) in [4.78, 5) is 12.2. The Kier molecular flexibility index (Phi) is 3.58. The number of terminal acetylenes is 1. The first kappa shape index (κ1) is 12.8. The molecule has 0 radical (unpaired) electrons. The van der Waals surface area contributed by atoms with Gasteiger partial charge in [-0.2, -0.15) is 10.2 Å². The molecule has 0 bridgehead atoms. The van der Waals surface area contributed by atoms with E-state index in [9.17, 15) is 4.79 Å². The summed E-state index contributed by atoms with van der Waals surface area (Å²) in [6, 6.07) is 8.85. The second-order valence-corrected chi connectivity index (χ2v) is 4.16. The second kappa shape index (κ2) is 5.32. The van der Waals surface area contributed by atoms with Crippen LogP contribution in [0.2, 0.25) is 0 Å². The first-order chi connectivity index (χ1) is 9.10. The fraction of sp³-hybridized carbons (Fsp3) is 0.133. The zero-order valence-electron chi connectivity index (χ0n) is 10.8. The number of hydrogen-bond acceptors (Lipinski definition) is 3. The van der Waals surface area contributed by atoms with Crippen LogP contribution in [0.1, 0.15) is 27.3 Å². The molecule has 1 aromatic carbocycles. The first-order valence-electron chi connectivity index (χ1n) is 5.79. The fourth-order valence-electron chi connectivity index (χ4n) is 1.66. The Morgan fingerprint density at radius 1 is 1.26 bits per heavy atom. The minimum absolute atomic E-state index is 0.218. The van der Waals surface area contributed by atoms with Crippen molar-refractivity contribution >= 4 is 11.6 Å². The predicted octanol–water partition coefficient (Wildman–Crippen LogP) is 2.33. The largest absolute Gasteiger partial charge is 0.322 e. The van der Waals surface area contributed by atoms with E-state index in [1.165, 1.54) is 0 Å². The summed E-state index contributed by atoms with van der Waals surface area (Å²) in [5, 5.41) is 10.6. The molecule has 0 saturated carbocycles. The van der Waals surface area contributed by atoms with Gasteiger partial charge in [0.05, 0.1) is 17.0 Å². The third-order valence-electron chi connectivity index (χ3n) is 2.63. The Labute approximate surface area is 111 Å². The summed E-state index contributed by atoms with van der Waals surface area (Å²) in [5.41, 5.74) is 3.19. The van der Waals surface area contributed by atoms with Crippen LogP contribution in [0.25, 0.3) is 0 Å². The van der Waals surface area contributed by atoms with E-state index in [1.807, 2.05) is 0 Å². The molecule has 0 aliphatic rings. The third-order valence-corrected chi connectivity index (χ3v) is 2.63. The summed E-state index contributed by atoms with van der Waals surface area (Å²) in [6.07, 6.45) is 5.32. The van der Waals surface area contributed by atoms with E-state index in [1.54, 1.807) is 44.2 Å². The van der Waals surface area contributed by atoms with Gasteiger partial charge in [0, 0.05) is 11.3 Å². The number of carbonyl (C=O) groups excluding carboxylic acids is 1. The van der Waals surface area contributed by atoms with Crippen LogP contribution < -0.4 is 5.32 Å². The number of rotatable bonds is 2. The molecule has 0 saturated heterocycles. The maximum Gasteiger partial charge on any atom is 0.257 e. The SMILES string of the molecule is C#Cc1cccc(NC(=O)c2cc(C)nnc2C)c1. The number of carbonyl (C=O) groups is 1. The molecule has 1 N–H and O–H groups in total. The molecule has 1 aromatic heterocycles. The van der Waals surface area contributed by atoms with E-state index in [0.717, 1.165) is 5.56 Å². The van der Waals surface area contributed by atoms with Crippen LogP contribution in [0, 0.1) is 26.2 Å². The van der Waals surface area contributed by atoms with E-state index < -0.39 is 0 Å². The zero-order valence-corrected chi connectivity index (χ0v) is 10.8. The Morgan fingerprint density at radius 2 is 2.05 bits per heavy atom. The van der Waals surface area contributed by atoms with Crippen molar-refractivity contribution < 1.29 is 4.79 Å². The van der Waals surface area contributed by atoms with Crippen LogP contribution >= 0.6 is 0 Å². The fourth-order valence-corrected chi connectivity index (χ4v) is 1.66. The Hall–Kier alpha value is -2.67. The topological polar surface area (TPSA) is 54.9 Å². The van der Waals surface area contributed by atoms with Gasteiger partial charge in [0.1, 0.15) is 0 Å². The van der Waals surface area contributed by atoms with Gasteiger partial charge in [-0.1, -0.05) is 12.0 Å². The molecule has 4 nitrogen and oxygen atoms in total. The molecule has 0 unspecified atom stereocenters. The number of nitrogens with one attached hydrogen (secondary N) is 1. The predicted molar refractivity (Wildman–Crippen MR) is 73.8 cm³/mol. The molecular weight excluding hydrogens is 238 g/mol. The lowest BCUT2D eigenvalue weighted by molar-refractivity contribution is 0.102. The van der Waals surface area contributed by atoms with Crippen molar-refractivity contribution in [2.45, 2.75) is 13.8 Å². The van der Waals surface area contributed by atoms with Crippen molar-refractivity contribution in [1.82, 2.24) is 10.2 Å². The van der Waals surface area contributed by atoms with Crippen LogP contribution in [-0.4, -0.2) is 16.1 Å². The van der Waals surface area contributed by atoms with Crippen LogP contribution in [0.3, 0.4) is 0 Å². The Balaban J connectivity index is 2.26. The second-order valence-electron chi connectivity index (χ2n) is 4.16. The molecule has 4 heteroatoms. The van der Waals surface area contributed by atoms with Crippen molar-refractivity contribution in [3.63, 3.8) is 0 Å². The third kappa shape index (κ3) is 2.96. The number of hydrogen-bond donors (Lipinski definition) is 1. The smallest absolute Gasteiger partial charge is 0.257 e. The van der Waals surface area contributed by atoms with Gasteiger partial charge in [0.25, 0.3) is 5.91 Å². The Morgan fingerprint density at radius 3 is 2.79 bits per heavy atom. The van der Waals surface area contributed by atoms with E-state index in [4.69, 9.17) is 6.42 Å². The molecule has 0 aliphatic heterocycles. The van der Waals surface area contributed by atoms with E-state index in [-0.39, 0.29) is 5.91 Å². The molecule has 94 valence electrons. The van der Waals surface area contributed by atoms with E-state index >= 15 is 0 Å². The molecule has 0 fully saturated rings. The molecule has 1 amide bonds. The van der Waals surface area contributed by atoms with Gasteiger partial charge in [0.2, 0.25) is 0 Å². The summed E-state index contributed by atoms with van der Waals surface area (Å²) in [5.74, 6) is 2.31. The lowest BCUT2D eigenvalue weighted by atomic mass is 10.1. The molecule has 0 aliphatic carbocycles. The van der Waals surface area contributed by atoms with Gasteiger partial charge in [0.15, 0.2) is 0 Å². The van der Waals surface area contributed by atoms with Crippen LogP contribution in [-0.2, 0) is 0 Å². The summed E-state index contributed by atoms with van der Waals surface area (Å²) in [7, 11) is 0. The van der Waals surface area contributed by atoms with Gasteiger partial charge >= 0.3 is 0 Å². The normalized spacial score (nSPS) is 9.74. The molecule has 2 rings (SSSR count). The summed E-state index contributed by atoms with van der Waals surface area (Å²) >= 11 is 0. The average molecular weight is 251 g/mol. The van der Waals surface area contributed by atoms with E-state index in [2.05, 4.69) is 21.4 Å². The number of aromatic nitrogens is 2. The van der Waals surface area contributed by atoms with Crippen LogP contribution in [0.5, 0.6) is 0 Å². The highest BCUT2D eigenvalue weighted by atomic mass is 16.1. The minimum Gasteiger partial charge on any atom is -0.322 e. The average Bonchev–Trinajstić information content (AvgIpc) is 2.41. The van der Waals surface area contributed by atoms with Gasteiger partial charge in [-0.3, -0.25) is 4.79 Å². The number of benzene rings is 1. The van der Waals surface area contributed by atoms with E-state index in [0.29, 0.717) is 22.6 Å². The number of nitrogens with zero attached hydrogens (tertiary/aromatic N) is 2. The standard InChI is InChI=1S/C15H13N3O/c1-4-12-6-5-7-13(9-12)16-15(19)14-8-10(2)17-18-11(14)3/h1,5-9H,2-3H3,(H,16,19). The minimum atomic E-state index is -0.218. The number of aryl methyl sites for hydroxylation is 2. The van der Waals surface area contributed by atoms with Crippen LogP contribution in [0.4, 0.5) is 5.69 Å². The van der Waals surface area contributed by atoms with Crippen LogP contribution in [0.15, 0.2) is 30.3 Å². The summed E-state index contributed by atoms with van der Waals surface area (Å²) < 4.78 is 0. The zero-order chi connectivity index (χ0) is 13.8. The lowest BCUT2D eigenvalue weighted by Gasteiger charge is -2.07. The highest BCUT2D eigenvalue weighted by Crippen LogP contribution is 2.13. The van der Waals surface area contributed by atoms with Gasteiger partial charge in [-0.15, -0.1) is 6.42 Å². The molecule has 19 heavy (non-hydrogen) atoms. The monoisotopic (exact) mass is 251 g/mol. The van der Waals surface area contributed by atoms with Crippen molar-refractivity contribution in [1.29, 1.82) is 0 Å². The van der Waals surface area contributed by atoms with Crippen molar-refractivity contribution in [2.24, 2.45) is 0 Å². The number of amides is 1. The maximum atomic E-state index is 12.2. The van der Waals surface area contributed by atoms with Crippen molar-refractivity contribution in [2.75, 3.05) is 5.32 Å². The quantitative estimate of drug-likeness (QED) is 0.833. The highest BCUT2D eigenvalue weighted by Gasteiger charge is 2.11. The van der Waals surface area contributed by atoms with Gasteiger partial charge in [-0.05, 0) is 38.1 Å². The first-order valence-corrected chi connectivity index (χ1v) is 5.79. The summed E-state index contributed by atoms with van der Waals surface area (Å²) in [6.45, 7) is 3.54. The molecule has 2 aromatic rings. The van der Waals surface area contributed by atoms with Gasteiger partial charge in [-0.25, -0.2) is 0 Å². The van der Waals surface area contributed by atoms with Gasteiger partial charge < -0.3 is 5.32 Å². The number of anilines is 1. The maximum absolute atomic E-state index is 12.2. The van der Waals surface area contributed by atoms with Crippen molar-refractivity contribution in [3.8, 4) is 12.3 Å². The highest BCUT2D eigenvalue weighted by molar-refractivity contribution is 6.05. The molecule has 0 spiro atoms. The lowest BCUT2D eigenvalue weighted by Crippen LogP contribution is -2.15. The Bertz CT molecular complexity index is 671. The molecule has 0 atom stereocenters. The molecule has 1 heterocycles.